The number of likely N-dealkylation sites (tertiary alicyclic amines) is 1. The van der Waals surface area contributed by atoms with E-state index in [0.29, 0.717) is 30.1 Å². The number of aryl methyl sites for hydroxylation is 1. The summed E-state index contributed by atoms with van der Waals surface area (Å²) in [6.07, 6.45) is 2.81. The Morgan fingerprint density at radius 2 is 1.97 bits per heavy atom. The summed E-state index contributed by atoms with van der Waals surface area (Å²) in [5.41, 5.74) is 2.12. The number of ether oxygens (including phenoxy) is 1. The van der Waals surface area contributed by atoms with Gasteiger partial charge in [0.15, 0.2) is 0 Å². The number of nitrogens with one attached hydrogen (secondary N) is 2. The molecule has 3 atom stereocenters. The minimum absolute atomic E-state index is 0.161. The van der Waals surface area contributed by atoms with Crippen LogP contribution < -0.4 is 20.9 Å². The highest BCUT2D eigenvalue weighted by atomic mass is 35.5. The Balaban J connectivity index is 1.33. The number of anilines is 2. The van der Waals surface area contributed by atoms with Crippen molar-refractivity contribution in [2.24, 2.45) is 23.0 Å². The highest BCUT2D eigenvalue weighted by Gasteiger charge is 2.37. The lowest BCUT2D eigenvalue weighted by atomic mass is 10.1. The third-order valence-corrected chi connectivity index (χ3v) is 8.40. The minimum Gasteiger partial charge on any atom is -0.486 e. The van der Waals surface area contributed by atoms with Crippen molar-refractivity contribution in [1.29, 1.82) is 0 Å². The average molecular weight is 533 g/mol. The number of aliphatic imine (C=N–C) groups is 2. The molecule has 0 spiro atoms. The Morgan fingerprint density at radius 1 is 1.22 bits per heavy atom. The second kappa shape index (κ2) is 9.15. The van der Waals surface area contributed by atoms with Gasteiger partial charge < -0.3 is 24.8 Å². The minimum atomic E-state index is -2.64. The summed E-state index contributed by atoms with van der Waals surface area (Å²) in [6, 6.07) is 5.76. The van der Waals surface area contributed by atoms with Crippen LogP contribution in [0.2, 0.25) is 0 Å². The molecule has 1 aromatic heterocycles. The number of benzene rings is 1. The fourth-order valence-corrected chi connectivity index (χ4v) is 5.54. The van der Waals surface area contributed by atoms with Gasteiger partial charge in [0.05, 0.1) is 23.9 Å². The number of hydrogen-bond donors (Lipinski definition) is 2. The highest BCUT2D eigenvalue weighted by Crippen LogP contribution is 2.41. The number of amidine groups is 1. The fourth-order valence-electron chi connectivity index (χ4n) is 5.38. The van der Waals surface area contributed by atoms with Crippen LogP contribution in [-0.4, -0.2) is 64.3 Å². The standard InChI is InChI=1S/C26H31ClF2N6O2/c1-14-20(27)23(33-25(30-14)35-10-8-26(28,29)9-11-35)31-16-5-6-19-17(13-16)21-22(24(36)34(19)2)37-12-7-18(32-21)15-3-4-15/h5-6,13-15,18,20,32H,3-4,7-12H2,1-2H3,(H,30,31,33)/t14?,18-,20?/m1/s1. The van der Waals surface area contributed by atoms with Crippen LogP contribution in [0.25, 0.3) is 10.9 Å². The zero-order chi connectivity index (χ0) is 25.9. The van der Waals surface area contributed by atoms with Crippen molar-refractivity contribution in [2.75, 3.05) is 30.3 Å². The maximum absolute atomic E-state index is 13.7. The van der Waals surface area contributed by atoms with Gasteiger partial charge in [0.2, 0.25) is 11.7 Å². The van der Waals surface area contributed by atoms with E-state index in [4.69, 9.17) is 16.3 Å². The summed E-state index contributed by atoms with van der Waals surface area (Å²) in [5, 5.41) is 7.35. The molecule has 1 saturated heterocycles. The predicted octanol–water partition coefficient (Wildman–Crippen LogP) is 4.42. The number of nitrogens with zero attached hydrogens (tertiary/aromatic N) is 4. The summed E-state index contributed by atoms with van der Waals surface area (Å²) in [6.45, 7) is 2.80. The Morgan fingerprint density at radius 3 is 2.70 bits per heavy atom. The van der Waals surface area contributed by atoms with E-state index in [1.54, 1.807) is 16.5 Å². The Labute approximate surface area is 218 Å². The second-order valence-electron chi connectivity index (χ2n) is 10.6. The van der Waals surface area contributed by atoms with Crippen LogP contribution in [0, 0.1) is 5.92 Å². The lowest BCUT2D eigenvalue weighted by molar-refractivity contribution is -0.0436. The van der Waals surface area contributed by atoms with E-state index in [9.17, 15) is 13.6 Å². The van der Waals surface area contributed by atoms with Gasteiger partial charge in [0, 0.05) is 56.5 Å². The van der Waals surface area contributed by atoms with Crippen LogP contribution in [-0.2, 0) is 7.05 Å². The van der Waals surface area contributed by atoms with Crippen LogP contribution in [0.5, 0.6) is 5.75 Å². The number of fused-ring (bicyclic) bond motifs is 3. The monoisotopic (exact) mass is 532 g/mol. The smallest absolute Gasteiger partial charge is 0.295 e. The van der Waals surface area contributed by atoms with E-state index in [-0.39, 0.29) is 43.6 Å². The number of pyridine rings is 1. The third-order valence-electron chi connectivity index (χ3n) is 7.82. The molecule has 2 unspecified atom stereocenters. The maximum Gasteiger partial charge on any atom is 0.295 e. The molecule has 11 heteroatoms. The van der Waals surface area contributed by atoms with Gasteiger partial charge in [-0.3, -0.25) is 4.79 Å². The zero-order valence-electron chi connectivity index (χ0n) is 20.9. The number of piperidine rings is 1. The van der Waals surface area contributed by atoms with Gasteiger partial charge >= 0.3 is 0 Å². The predicted molar refractivity (Wildman–Crippen MR) is 143 cm³/mol. The van der Waals surface area contributed by atoms with Crippen molar-refractivity contribution in [1.82, 2.24) is 9.47 Å². The molecule has 8 nitrogen and oxygen atoms in total. The van der Waals surface area contributed by atoms with E-state index in [1.165, 1.54) is 12.8 Å². The van der Waals surface area contributed by atoms with Crippen molar-refractivity contribution in [2.45, 2.75) is 62.4 Å². The summed E-state index contributed by atoms with van der Waals surface area (Å²) >= 11 is 6.68. The van der Waals surface area contributed by atoms with Crippen molar-refractivity contribution in [3.63, 3.8) is 0 Å². The van der Waals surface area contributed by atoms with E-state index in [0.717, 1.165) is 28.7 Å². The molecule has 1 saturated carbocycles. The van der Waals surface area contributed by atoms with Crippen LogP contribution in [0.3, 0.4) is 0 Å². The number of hydrogen-bond acceptors (Lipinski definition) is 7. The first-order valence-corrected chi connectivity index (χ1v) is 13.4. The van der Waals surface area contributed by atoms with E-state index in [2.05, 4.69) is 20.6 Å². The van der Waals surface area contributed by atoms with Crippen molar-refractivity contribution in [3.05, 3.63) is 28.6 Å². The van der Waals surface area contributed by atoms with Gasteiger partial charge in [0.25, 0.3) is 11.5 Å². The molecule has 1 aromatic carbocycles. The molecule has 0 bridgehead atoms. The molecule has 3 aliphatic heterocycles. The summed E-state index contributed by atoms with van der Waals surface area (Å²) in [5.74, 6) is -0.729. The molecule has 2 N–H and O–H groups in total. The second-order valence-corrected chi connectivity index (χ2v) is 11.0. The van der Waals surface area contributed by atoms with Crippen molar-refractivity contribution in [3.8, 4) is 5.75 Å². The lowest BCUT2D eigenvalue weighted by Crippen LogP contribution is -2.46. The number of alkyl halides is 3. The van der Waals surface area contributed by atoms with Gasteiger partial charge in [-0.15, -0.1) is 11.6 Å². The van der Waals surface area contributed by atoms with Gasteiger partial charge in [-0.05, 0) is 43.9 Å². The molecule has 198 valence electrons. The zero-order valence-corrected chi connectivity index (χ0v) is 21.7. The van der Waals surface area contributed by atoms with Gasteiger partial charge in [-0.25, -0.2) is 13.8 Å². The molecular formula is C26H31ClF2N6O2. The summed E-state index contributed by atoms with van der Waals surface area (Å²) in [4.78, 5) is 24.1. The van der Waals surface area contributed by atoms with Crippen LogP contribution >= 0.6 is 11.6 Å². The molecule has 2 aromatic rings. The Kier molecular flexibility index (Phi) is 6.05. The first-order chi connectivity index (χ1) is 17.7. The third kappa shape index (κ3) is 4.64. The average Bonchev–Trinajstić information content (AvgIpc) is 3.72. The SMILES string of the molecule is CC1N=C(N2CCC(F)(F)CC2)N=C(Nc2ccc3c(c2)c2c(c(=O)n3C)OCC[C@H](C3CC3)N2)C1Cl. The number of rotatable bonds is 2. The van der Waals surface area contributed by atoms with E-state index in [1.807, 2.05) is 25.1 Å². The van der Waals surface area contributed by atoms with Crippen LogP contribution in [0.4, 0.5) is 20.2 Å². The molecule has 4 aliphatic rings. The molecule has 6 rings (SSSR count). The van der Waals surface area contributed by atoms with Crippen molar-refractivity contribution >= 4 is 45.7 Å². The van der Waals surface area contributed by atoms with Crippen LogP contribution in [0.1, 0.15) is 39.0 Å². The quantitative estimate of drug-likeness (QED) is 0.560. The maximum atomic E-state index is 13.7. The number of aromatic nitrogens is 1. The summed E-state index contributed by atoms with van der Waals surface area (Å²) in [7, 11) is 1.75. The molecule has 0 radical (unpaired) electrons. The molecule has 0 amide bonds. The molecule has 37 heavy (non-hydrogen) atoms. The normalized spacial score (nSPS) is 27.4. The molecule has 2 fully saturated rings. The lowest BCUT2D eigenvalue weighted by Gasteiger charge is -2.35. The largest absolute Gasteiger partial charge is 0.486 e. The van der Waals surface area contributed by atoms with Crippen molar-refractivity contribution < 1.29 is 13.5 Å². The fraction of sp³-hybridized carbons (Fsp3) is 0.577. The molecular weight excluding hydrogens is 502 g/mol. The Bertz CT molecular complexity index is 1340. The highest BCUT2D eigenvalue weighted by molar-refractivity contribution is 6.35. The van der Waals surface area contributed by atoms with E-state index >= 15 is 0 Å². The molecule has 1 aliphatic carbocycles. The first-order valence-electron chi connectivity index (χ1n) is 13.0. The number of guanidine groups is 1. The van der Waals surface area contributed by atoms with Crippen LogP contribution in [0.15, 0.2) is 33.0 Å². The number of halogens is 3. The van der Waals surface area contributed by atoms with Gasteiger partial charge in [0.1, 0.15) is 11.2 Å². The first kappa shape index (κ1) is 24.5. The summed E-state index contributed by atoms with van der Waals surface area (Å²) < 4.78 is 34.9. The van der Waals surface area contributed by atoms with Gasteiger partial charge in [-0.2, -0.15) is 4.99 Å². The molecule has 4 heterocycles. The van der Waals surface area contributed by atoms with E-state index < -0.39 is 11.3 Å². The van der Waals surface area contributed by atoms with Gasteiger partial charge in [-0.1, -0.05) is 0 Å². The topological polar surface area (TPSA) is 83.2 Å². The Hall–Kier alpha value is -2.88.